The van der Waals surface area contributed by atoms with Crippen molar-refractivity contribution in [3.8, 4) is 0 Å². The van der Waals surface area contributed by atoms with E-state index in [1.54, 1.807) is 0 Å². The van der Waals surface area contributed by atoms with Gasteiger partial charge in [0.1, 0.15) is 0 Å². The molecule has 0 nitrogen and oxygen atoms in total. The topological polar surface area (TPSA) is 0 Å². The molecule has 0 N–H and O–H groups in total. The molecule has 0 aliphatic heterocycles. The van der Waals surface area contributed by atoms with Gasteiger partial charge < -0.3 is 24.8 Å². The maximum absolute atomic E-state index is 3.29. The van der Waals surface area contributed by atoms with Gasteiger partial charge in [-0.05, 0) is 0 Å². The van der Waals surface area contributed by atoms with Crippen molar-refractivity contribution in [2.75, 3.05) is 0 Å². The Morgan fingerprint density at radius 3 is 2.00 bits per heavy atom. The van der Waals surface area contributed by atoms with Gasteiger partial charge in [0.05, 0.1) is 0 Å². The third-order valence-electron chi connectivity index (χ3n) is 1.66. The zero-order valence-corrected chi connectivity index (χ0v) is 11.5. The van der Waals surface area contributed by atoms with E-state index in [9.17, 15) is 0 Å². The second kappa shape index (κ2) is 8.54. The second-order valence-corrected chi connectivity index (χ2v) is 2.99. The van der Waals surface area contributed by atoms with Crippen LogP contribution >= 0.6 is 0 Å². The molecule has 0 heterocycles. The first-order chi connectivity index (χ1) is 4.20. The fourth-order valence-electron chi connectivity index (χ4n) is 0.992. The van der Waals surface area contributed by atoms with Crippen LogP contribution in [0.1, 0.15) is 20.8 Å². The van der Waals surface area contributed by atoms with Crippen LogP contribution in [0.5, 0.6) is 0 Å². The Morgan fingerprint density at radius 2 is 1.83 bits per heavy atom. The average Bonchev–Trinajstić information content (AvgIpc) is 2.14. The maximum Gasteiger partial charge on any atom is 3.00 e. The summed E-state index contributed by atoms with van der Waals surface area (Å²) in [5, 5.41) is 0. The fourth-order valence-corrected chi connectivity index (χ4v) is 0.992. The molecule has 1 unspecified atom stereocenters. The summed E-state index contributed by atoms with van der Waals surface area (Å²) in [7, 11) is 0. The summed E-state index contributed by atoms with van der Waals surface area (Å²) in [4.78, 5) is 0. The van der Waals surface area contributed by atoms with Gasteiger partial charge in [0, 0.05) is 0 Å². The standard InChI is InChI=1S/C9H13.2ClH.Zr/c1-7(2)9-5-4-8(3)6-9;;;/h4,6-7,9H,1-3H3;2*1H;/q-1;;;+3/p-2. The van der Waals surface area contributed by atoms with Crippen LogP contribution in [0, 0.1) is 17.9 Å². The van der Waals surface area contributed by atoms with Crippen molar-refractivity contribution in [2.24, 2.45) is 11.8 Å². The van der Waals surface area contributed by atoms with E-state index in [0.717, 1.165) is 0 Å². The van der Waals surface area contributed by atoms with E-state index >= 15 is 0 Å². The molecule has 0 aromatic rings. The van der Waals surface area contributed by atoms with E-state index < -0.39 is 0 Å². The largest absolute Gasteiger partial charge is 3.00 e. The number of rotatable bonds is 1. The first-order valence-electron chi connectivity index (χ1n) is 3.48. The van der Waals surface area contributed by atoms with E-state index in [1.165, 1.54) is 5.57 Å². The zero-order chi connectivity index (χ0) is 6.85. The Balaban J connectivity index is -0.000000270. The quantitative estimate of drug-likeness (QED) is 0.440. The minimum Gasteiger partial charge on any atom is -1.00 e. The predicted molar refractivity (Wildman–Crippen MR) is 39.9 cm³/mol. The van der Waals surface area contributed by atoms with Crippen molar-refractivity contribution < 1.29 is 51.0 Å². The zero-order valence-electron chi connectivity index (χ0n) is 7.57. The molecular weight excluding hydrogens is 270 g/mol. The monoisotopic (exact) mass is 281 g/mol. The van der Waals surface area contributed by atoms with Gasteiger partial charge in [0.25, 0.3) is 0 Å². The van der Waals surface area contributed by atoms with Crippen LogP contribution in [-0.4, -0.2) is 0 Å². The van der Waals surface area contributed by atoms with E-state index in [1.807, 2.05) is 0 Å². The van der Waals surface area contributed by atoms with Crippen LogP contribution in [0.15, 0.2) is 17.7 Å². The first-order valence-corrected chi connectivity index (χ1v) is 3.48. The van der Waals surface area contributed by atoms with Crippen molar-refractivity contribution in [1.82, 2.24) is 0 Å². The van der Waals surface area contributed by atoms with Crippen molar-refractivity contribution in [2.45, 2.75) is 20.8 Å². The van der Waals surface area contributed by atoms with Crippen molar-refractivity contribution in [3.63, 3.8) is 0 Å². The molecule has 12 heavy (non-hydrogen) atoms. The minimum absolute atomic E-state index is 0. The summed E-state index contributed by atoms with van der Waals surface area (Å²) >= 11 is 0. The van der Waals surface area contributed by atoms with Crippen LogP contribution in [0.2, 0.25) is 0 Å². The Hall–Kier alpha value is 0.943. The normalized spacial score (nSPS) is 19.0. The van der Waals surface area contributed by atoms with Crippen molar-refractivity contribution in [3.05, 3.63) is 23.8 Å². The molecule has 1 aliphatic carbocycles. The molecule has 0 saturated heterocycles. The first kappa shape index (κ1) is 18.7. The summed E-state index contributed by atoms with van der Waals surface area (Å²) in [5.74, 6) is 1.28. The van der Waals surface area contributed by atoms with E-state index in [0.29, 0.717) is 11.8 Å². The SMILES string of the molecule is CC1=CC(C(C)C)[C-]=C1.[Cl-].[Cl-].[Zr+3]. The smallest absolute Gasteiger partial charge is 1.00 e. The summed E-state index contributed by atoms with van der Waals surface area (Å²) in [6, 6.07) is 0. The fraction of sp³-hybridized carbons (Fsp3) is 0.556. The second-order valence-electron chi connectivity index (χ2n) is 2.99. The molecule has 1 radical (unpaired) electrons. The molecule has 0 saturated carbocycles. The van der Waals surface area contributed by atoms with E-state index in [-0.39, 0.29) is 51.0 Å². The molecule has 0 aromatic heterocycles. The molecule has 1 atom stereocenters. The van der Waals surface area contributed by atoms with Gasteiger partial charge in [0.2, 0.25) is 0 Å². The summed E-state index contributed by atoms with van der Waals surface area (Å²) in [6.07, 6.45) is 7.63. The number of allylic oxidation sites excluding steroid dienone is 4. The molecule has 3 heteroatoms. The Bertz CT molecular complexity index is 162. The Labute approximate surface area is 107 Å². The van der Waals surface area contributed by atoms with Gasteiger partial charge in [0.15, 0.2) is 0 Å². The molecular formula is C9H13Cl2Zr. The van der Waals surface area contributed by atoms with Crippen LogP contribution in [-0.2, 0) is 26.2 Å². The van der Waals surface area contributed by atoms with E-state index in [2.05, 4.69) is 39.0 Å². The van der Waals surface area contributed by atoms with Crippen LogP contribution < -0.4 is 24.8 Å². The van der Waals surface area contributed by atoms with Gasteiger partial charge in [-0.25, -0.2) is 11.6 Å². The number of halogens is 2. The summed E-state index contributed by atoms with van der Waals surface area (Å²) in [6.45, 7) is 6.57. The molecule has 0 aromatic carbocycles. The van der Waals surface area contributed by atoms with Gasteiger partial charge in [-0.3, -0.25) is 6.08 Å². The van der Waals surface area contributed by atoms with E-state index in [4.69, 9.17) is 0 Å². The molecule has 1 rings (SSSR count). The van der Waals surface area contributed by atoms with Crippen molar-refractivity contribution in [1.29, 1.82) is 0 Å². The Kier molecular flexibility index (Phi) is 13.3. The molecule has 0 fully saturated rings. The van der Waals surface area contributed by atoms with Crippen LogP contribution in [0.4, 0.5) is 0 Å². The predicted octanol–water partition coefficient (Wildman–Crippen LogP) is -3.42. The maximum atomic E-state index is 3.29. The summed E-state index contributed by atoms with van der Waals surface area (Å²) in [5.41, 5.74) is 1.36. The molecule has 1 aliphatic rings. The Morgan fingerprint density at radius 1 is 1.33 bits per heavy atom. The third kappa shape index (κ3) is 5.57. The molecule has 67 valence electrons. The van der Waals surface area contributed by atoms with Crippen molar-refractivity contribution >= 4 is 0 Å². The van der Waals surface area contributed by atoms with Gasteiger partial charge in [-0.2, -0.15) is 6.08 Å². The minimum atomic E-state index is 0. The number of hydrogen-bond acceptors (Lipinski definition) is 0. The third-order valence-corrected chi connectivity index (χ3v) is 1.66. The molecule has 0 bridgehead atoms. The summed E-state index contributed by atoms with van der Waals surface area (Å²) < 4.78 is 0. The van der Waals surface area contributed by atoms with Gasteiger partial charge in [-0.1, -0.05) is 25.7 Å². The molecule has 0 amide bonds. The van der Waals surface area contributed by atoms with Gasteiger partial charge >= 0.3 is 26.2 Å². The average molecular weight is 283 g/mol. The molecule has 0 spiro atoms. The van der Waals surface area contributed by atoms with Crippen LogP contribution in [0.3, 0.4) is 0 Å². The number of hydrogen-bond donors (Lipinski definition) is 0. The van der Waals surface area contributed by atoms with Crippen LogP contribution in [0.25, 0.3) is 0 Å². The van der Waals surface area contributed by atoms with Gasteiger partial charge in [-0.15, -0.1) is 6.92 Å².